The molecule has 1 aromatic carbocycles. The number of ether oxygens (including phenoxy) is 2. The van der Waals surface area contributed by atoms with Crippen molar-refractivity contribution in [1.82, 2.24) is 9.97 Å². The van der Waals surface area contributed by atoms with Crippen LogP contribution in [0.3, 0.4) is 0 Å². The van der Waals surface area contributed by atoms with Crippen molar-refractivity contribution >= 4 is 11.8 Å². The maximum absolute atomic E-state index is 5.46. The van der Waals surface area contributed by atoms with Crippen LogP contribution in [0.25, 0.3) is 0 Å². The second kappa shape index (κ2) is 8.25. The van der Waals surface area contributed by atoms with E-state index in [0.29, 0.717) is 5.95 Å². The van der Waals surface area contributed by atoms with Gasteiger partial charge in [0.05, 0.1) is 14.2 Å². The Labute approximate surface area is 155 Å². The normalized spacial score (nSPS) is 13.3. The summed E-state index contributed by atoms with van der Waals surface area (Å²) in [7, 11) is 3.35. The number of aryl methyl sites for hydroxylation is 1. The Balaban J connectivity index is 1.82. The Bertz CT molecular complexity index is 764. The van der Waals surface area contributed by atoms with E-state index in [2.05, 4.69) is 40.3 Å². The predicted molar refractivity (Wildman–Crippen MR) is 104 cm³/mol. The number of benzene rings is 1. The summed E-state index contributed by atoms with van der Waals surface area (Å²) in [4.78, 5) is 11.5. The Kier molecular flexibility index (Phi) is 5.81. The van der Waals surface area contributed by atoms with Gasteiger partial charge in [0.15, 0.2) is 11.5 Å². The molecule has 0 bridgehead atoms. The number of hydrogen-bond donors (Lipinski definition) is 1. The van der Waals surface area contributed by atoms with Gasteiger partial charge in [0, 0.05) is 31.4 Å². The van der Waals surface area contributed by atoms with Crippen molar-refractivity contribution < 1.29 is 9.47 Å². The van der Waals surface area contributed by atoms with Crippen LogP contribution in [0.15, 0.2) is 18.2 Å². The van der Waals surface area contributed by atoms with Crippen LogP contribution < -0.4 is 19.7 Å². The molecule has 1 aromatic heterocycles. The van der Waals surface area contributed by atoms with Crippen LogP contribution >= 0.6 is 0 Å². The first-order valence-electron chi connectivity index (χ1n) is 9.23. The van der Waals surface area contributed by atoms with Gasteiger partial charge in [-0.2, -0.15) is 4.98 Å². The Morgan fingerprint density at radius 2 is 1.81 bits per heavy atom. The highest BCUT2D eigenvalue weighted by molar-refractivity contribution is 5.53. The molecule has 0 saturated heterocycles. The average molecular weight is 356 g/mol. The number of unbranched alkanes of at least 4 members (excludes halogenated alkanes) is 1. The van der Waals surface area contributed by atoms with Crippen molar-refractivity contribution in [3.05, 3.63) is 35.0 Å². The van der Waals surface area contributed by atoms with Gasteiger partial charge in [-0.1, -0.05) is 13.3 Å². The molecule has 26 heavy (non-hydrogen) atoms. The van der Waals surface area contributed by atoms with Gasteiger partial charge in [0.25, 0.3) is 0 Å². The summed E-state index contributed by atoms with van der Waals surface area (Å²) in [6, 6.07) is 6.22. The molecule has 0 amide bonds. The maximum Gasteiger partial charge on any atom is 0.224 e. The van der Waals surface area contributed by atoms with E-state index < -0.39 is 0 Å². The lowest BCUT2D eigenvalue weighted by molar-refractivity contribution is 0.353. The maximum atomic E-state index is 5.46. The molecule has 6 heteroatoms. The second-order valence-corrected chi connectivity index (χ2v) is 6.62. The fraction of sp³-hybridized carbons (Fsp3) is 0.500. The monoisotopic (exact) mass is 356 g/mol. The molecular formula is C20H28N4O2. The first-order valence-corrected chi connectivity index (χ1v) is 9.23. The van der Waals surface area contributed by atoms with Crippen molar-refractivity contribution in [3.8, 4) is 11.5 Å². The second-order valence-electron chi connectivity index (χ2n) is 6.62. The van der Waals surface area contributed by atoms with E-state index in [1.165, 1.54) is 11.1 Å². The standard InChI is InChI=1S/C20H28N4O2/c1-5-6-8-21-20-22-14(2)10-19(23-20)24-9-7-15-11-17(25-3)18(26-4)12-16(15)13-24/h10-12H,5-9,13H2,1-4H3,(H,21,22,23). The molecule has 0 aliphatic carbocycles. The van der Waals surface area contributed by atoms with Crippen LogP contribution in [0, 0.1) is 6.92 Å². The highest BCUT2D eigenvalue weighted by Crippen LogP contribution is 2.34. The quantitative estimate of drug-likeness (QED) is 0.765. The number of rotatable bonds is 7. The SMILES string of the molecule is CCCCNc1nc(C)cc(N2CCc3cc(OC)c(OC)cc3C2)n1. The van der Waals surface area contributed by atoms with Crippen molar-refractivity contribution in [2.45, 2.75) is 39.7 Å². The number of anilines is 2. The van der Waals surface area contributed by atoms with E-state index in [9.17, 15) is 0 Å². The summed E-state index contributed by atoms with van der Waals surface area (Å²) in [6.07, 6.45) is 3.22. The fourth-order valence-corrected chi connectivity index (χ4v) is 3.25. The number of fused-ring (bicyclic) bond motifs is 1. The van der Waals surface area contributed by atoms with Gasteiger partial charge < -0.3 is 19.7 Å². The van der Waals surface area contributed by atoms with Crippen molar-refractivity contribution in [1.29, 1.82) is 0 Å². The molecule has 3 rings (SSSR count). The predicted octanol–water partition coefficient (Wildman–Crippen LogP) is 3.58. The molecule has 2 heterocycles. The largest absolute Gasteiger partial charge is 0.493 e. The molecule has 0 saturated carbocycles. The minimum absolute atomic E-state index is 0.714. The van der Waals surface area contributed by atoms with Crippen molar-refractivity contribution in [2.24, 2.45) is 0 Å². The third kappa shape index (κ3) is 4.00. The smallest absolute Gasteiger partial charge is 0.224 e. The van der Waals surface area contributed by atoms with E-state index in [-0.39, 0.29) is 0 Å². The van der Waals surface area contributed by atoms with E-state index in [1.807, 2.05) is 6.92 Å². The lowest BCUT2D eigenvalue weighted by atomic mass is 9.99. The molecular weight excluding hydrogens is 328 g/mol. The van der Waals surface area contributed by atoms with Gasteiger partial charge in [-0.3, -0.25) is 0 Å². The summed E-state index contributed by atoms with van der Waals surface area (Å²) >= 11 is 0. The minimum atomic E-state index is 0.714. The lowest BCUT2D eigenvalue weighted by Crippen LogP contribution is -2.31. The van der Waals surface area contributed by atoms with E-state index in [0.717, 1.165) is 61.9 Å². The Morgan fingerprint density at radius 3 is 2.50 bits per heavy atom. The molecule has 1 aliphatic rings. The third-order valence-electron chi connectivity index (χ3n) is 4.70. The molecule has 0 spiro atoms. The van der Waals surface area contributed by atoms with Gasteiger partial charge in [-0.25, -0.2) is 4.98 Å². The molecule has 0 radical (unpaired) electrons. The first kappa shape index (κ1) is 18.3. The number of methoxy groups -OCH3 is 2. The fourth-order valence-electron chi connectivity index (χ4n) is 3.25. The Morgan fingerprint density at radius 1 is 1.08 bits per heavy atom. The van der Waals surface area contributed by atoms with Gasteiger partial charge in [-0.15, -0.1) is 0 Å². The highest BCUT2D eigenvalue weighted by Gasteiger charge is 2.21. The third-order valence-corrected chi connectivity index (χ3v) is 4.70. The van der Waals surface area contributed by atoms with Gasteiger partial charge >= 0.3 is 0 Å². The van der Waals surface area contributed by atoms with Crippen LogP contribution in [0.1, 0.15) is 36.6 Å². The van der Waals surface area contributed by atoms with E-state index >= 15 is 0 Å². The van der Waals surface area contributed by atoms with Crippen LogP contribution in [0.4, 0.5) is 11.8 Å². The lowest BCUT2D eigenvalue weighted by Gasteiger charge is -2.30. The number of aromatic nitrogens is 2. The zero-order valence-corrected chi connectivity index (χ0v) is 16.1. The van der Waals surface area contributed by atoms with Crippen molar-refractivity contribution in [2.75, 3.05) is 37.5 Å². The average Bonchev–Trinajstić information content (AvgIpc) is 2.66. The van der Waals surface area contributed by atoms with Gasteiger partial charge in [-0.05, 0) is 43.0 Å². The first-order chi connectivity index (χ1) is 12.6. The number of hydrogen-bond acceptors (Lipinski definition) is 6. The zero-order chi connectivity index (χ0) is 18.5. The van der Waals surface area contributed by atoms with Crippen LogP contribution in [-0.4, -0.2) is 37.3 Å². The molecule has 1 N–H and O–H groups in total. The van der Waals surface area contributed by atoms with E-state index in [4.69, 9.17) is 14.5 Å². The summed E-state index contributed by atoms with van der Waals surface area (Å²) in [6.45, 7) is 6.83. The molecule has 0 unspecified atom stereocenters. The summed E-state index contributed by atoms with van der Waals surface area (Å²) in [5.41, 5.74) is 3.55. The van der Waals surface area contributed by atoms with Gasteiger partial charge in [0.1, 0.15) is 5.82 Å². The van der Waals surface area contributed by atoms with Crippen LogP contribution in [0.2, 0.25) is 0 Å². The summed E-state index contributed by atoms with van der Waals surface area (Å²) in [5, 5.41) is 3.33. The number of nitrogens with zero attached hydrogens (tertiary/aromatic N) is 3. The van der Waals surface area contributed by atoms with Crippen LogP contribution in [0.5, 0.6) is 11.5 Å². The molecule has 0 fully saturated rings. The Hall–Kier alpha value is -2.50. The van der Waals surface area contributed by atoms with Crippen molar-refractivity contribution in [3.63, 3.8) is 0 Å². The van der Waals surface area contributed by atoms with E-state index in [1.54, 1.807) is 14.2 Å². The topological polar surface area (TPSA) is 59.5 Å². The molecule has 2 aromatic rings. The van der Waals surface area contributed by atoms with Crippen LogP contribution in [-0.2, 0) is 13.0 Å². The molecule has 6 nitrogen and oxygen atoms in total. The molecule has 140 valence electrons. The molecule has 0 atom stereocenters. The minimum Gasteiger partial charge on any atom is -0.493 e. The number of nitrogens with one attached hydrogen (secondary N) is 1. The van der Waals surface area contributed by atoms with Gasteiger partial charge in [0.2, 0.25) is 5.95 Å². The summed E-state index contributed by atoms with van der Waals surface area (Å²) < 4.78 is 10.9. The summed E-state index contributed by atoms with van der Waals surface area (Å²) in [5.74, 6) is 3.25. The zero-order valence-electron chi connectivity index (χ0n) is 16.1. The highest BCUT2D eigenvalue weighted by atomic mass is 16.5. The molecule has 1 aliphatic heterocycles.